The predicted molar refractivity (Wildman–Crippen MR) is 239 cm³/mol. The van der Waals surface area contributed by atoms with Gasteiger partial charge in [0.2, 0.25) is 0 Å². The van der Waals surface area contributed by atoms with Crippen molar-refractivity contribution in [2.24, 2.45) is 0 Å². The van der Waals surface area contributed by atoms with Crippen molar-refractivity contribution >= 4 is 65.6 Å². The number of para-hydroxylation sites is 2. The number of nitrogens with zero attached hydrogens (tertiary/aromatic N) is 2. The molecule has 3 aromatic heterocycles. The van der Waals surface area contributed by atoms with Gasteiger partial charge in [-0.1, -0.05) is 127 Å². The van der Waals surface area contributed by atoms with Crippen molar-refractivity contribution in [3.05, 3.63) is 206 Å². The minimum Gasteiger partial charge on any atom is -0.456 e. The number of hydrogen-bond donors (Lipinski definition) is 0. The van der Waals surface area contributed by atoms with Gasteiger partial charge in [-0.3, -0.25) is 0 Å². The predicted octanol–water partition coefficient (Wildman–Crippen LogP) is 14.8. The standard InChI is InChI=1S/C54H34N2O/c1-3-11-35(12-4-1)37-19-24-41(25-20-37)55-49-17-9-7-15-43(49)47-31-38(22-29-51(47)55)39-23-30-52-48(32-39)44-16-8-10-18-50(44)56(52)42-26-28-46-45-27-21-40(36-13-5-2-6-14-36)33-53(45)57-54(46)34-42/h1-34H. The van der Waals surface area contributed by atoms with Crippen molar-refractivity contribution in [2.75, 3.05) is 0 Å². The molecule has 0 spiro atoms. The molecule has 0 aliphatic heterocycles. The number of benzene rings is 9. The number of hydrogen-bond acceptors (Lipinski definition) is 1. The van der Waals surface area contributed by atoms with E-state index in [0.717, 1.165) is 38.9 Å². The van der Waals surface area contributed by atoms with Gasteiger partial charge in [0, 0.05) is 49.8 Å². The van der Waals surface area contributed by atoms with Crippen LogP contribution >= 0.6 is 0 Å². The second kappa shape index (κ2) is 12.5. The topological polar surface area (TPSA) is 23.0 Å². The molecule has 0 N–H and O–H groups in total. The van der Waals surface area contributed by atoms with E-state index in [9.17, 15) is 0 Å². The molecule has 0 unspecified atom stereocenters. The second-order valence-corrected chi connectivity index (χ2v) is 14.9. The monoisotopic (exact) mass is 726 g/mol. The number of furan rings is 1. The first kappa shape index (κ1) is 31.7. The van der Waals surface area contributed by atoms with Crippen LogP contribution in [-0.4, -0.2) is 9.13 Å². The summed E-state index contributed by atoms with van der Waals surface area (Å²) in [5.41, 5.74) is 15.9. The normalized spacial score (nSPS) is 11.9. The van der Waals surface area contributed by atoms with E-state index < -0.39 is 0 Å². The summed E-state index contributed by atoms with van der Waals surface area (Å²) < 4.78 is 11.3. The molecule has 266 valence electrons. The Kier molecular flexibility index (Phi) is 6.93. The first-order valence-corrected chi connectivity index (χ1v) is 19.5. The van der Waals surface area contributed by atoms with Crippen LogP contribution in [-0.2, 0) is 0 Å². The van der Waals surface area contributed by atoms with Gasteiger partial charge in [-0.2, -0.15) is 0 Å². The van der Waals surface area contributed by atoms with Crippen LogP contribution < -0.4 is 0 Å². The molecule has 57 heavy (non-hydrogen) atoms. The molecule has 9 aromatic carbocycles. The molecule has 0 aliphatic rings. The maximum atomic E-state index is 6.56. The van der Waals surface area contributed by atoms with E-state index in [2.05, 4.69) is 209 Å². The second-order valence-electron chi connectivity index (χ2n) is 14.9. The zero-order valence-electron chi connectivity index (χ0n) is 30.9. The highest BCUT2D eigenvalue weighted by Gasteiger charge is 2.17. The Hall–Kier alpha value is -7.62. The summed E-state index contributed by atoms with van der Waals surface area (Å²) in [6.45, 7) is 0. The Morgan fingerprint density at radius 3 is 1.26 bits per heavy atom. The minimum atomic E-state index is 0.884. The Bertz CT molecular complexity index is 3490. The quantitative estimate of drug-likeness (QED) is 0.173. The van der Waals surface area contributed by atoms with Gasteiger partial charge in [-0.15, -0.1) is 0 Å². The van der Waals surface area contributed by atoms with Crippen LogP contribution in [0.25, 0.3) is 110 Å². The summed E-state index contributed by atoms with van der Waals surface area (Å²) in [4.78, 5) is 0. The molecule has 0 saturated carbocycles. The highest BCUT2D eigenvalue weighted by atomic mass is 16.3. The minimum absolute atomic E-state index is 0.884. The van der Waals surface area contributed by atoms with Gasteiger partial charge >= 0.3 is 0 Å². The smallest absolute Gasteiger partial charge is 0.137 e. The molecule has 12 aromatic rings. The third-order valence-electron chi connectivity index (χ3n) is 11.7. The summed E-state index contributed by atoms with van der Waals surface area (Å²) in [5, 5.41) is 7.19. The van der Waals surface area contributed by atoms with Crippen LogP contribution in [0.2, 0.25) is 0 Å². The van der Waals surface area contributed by atoms with E-state index >= 15 is 0 Å². The molecular formula is C54H34N2O. The molecule has 0 bridgehead atoms. The molecule has 0 saturated heterocycles. The maximum absolute atomic E-state index is 6.56. The van der Waals surface area contributed by atoms with Crippen molar-refractivity contribution in [1.29, 1.82) is 0 Å². The zero-order chi connectivity index (χ0) is 37.5. The fourth-order valence-corrected chi connectivity index (χ4v) is 9.01. The Balaban J connectivity index is 0.963. The summed E-state index contributed by atoms with van der Waals surface area (Å²) in [7, 11) is 0. The fraction of sp³-hybridized carbons (Fsp3) is 0. The van der Waals surface area contributed by atoms with E-state index in [4.69, 9.17) is 4.42 Å². The lowest BCUT2D eigenvalue weighted by Gasteiger charge is -2.10. The van der Waals surface area contributed by atoms with E-state index in [-0.39, 0.29) is 0 Å². The SMILES string of the molecule is c1ccc(-c2ccc(-n3c4ccccc4c4cc(-c5ccc6c(c5)c5ccccc5n6-c5ccc6c(c5)oc5cc(-c7ccccc7)ccc56)ccc43)cc2)cc1. The van der Waals surface area contributed by atoms with E-state index in [1.807, 2.05) is 6.07 Å². The van der Waals surface area contributed by atoms with Gasteiger partial charge in [0.15, 0.2) is 0 Å². The molecule has 0 aliphatic carbocycles. The third kappa shape index (κ3) is 4.99. The van der Waals surface area contributed by atoms with Crippen LogP contribution in [0.5, 0.6) is 0 Å². The summed E-state index contributed by atoms with van der Waals surface area (Å²) in [5.74, 6) is 0. The number of aromatic nitrogens is 2. The fourth-order valence-electron chi connectivity index (χ4n) is 9.01. The summed E-state index contributed by atoms with van der Waals surface area (Å²) in [6.07, 6.45) is 0. The van der Waals surface area contributed by atoms with E-state index in [0.29, 0.717) is 0 Å². The Morgan fingerprint density at radius 1 is 0.246 bits per heavy atom. The number of rotatable bonds is 5. The van der Waals surface area contributed by atoms with Gasteiger partial charge in [0.1, 0.15) is 11.2 Å². The first-order chi connectivity index (χ1) is 28.2. The highest BCUT2D eigenvalue weighted by Crippen LogP contribution is 2.40. The van der Waals surface area contributed by atoms with Crippen LogP contribution in [0.15, 0.2) is 211 Å². The van der Waals surface area contributed by atoms with Crippen molar-refractivity contribution in [2.45, 2.75) is 0 Å². The van der Waals surface area contributed by atoms with Crippen LogP contribution in [0.4, 0.5) is 0 Å². The van der Waals surface area contributed by atoms with Gasteiger partial charge in [0.05, 0.1) is 22.1 Å². The Labute approximate surface area is 328 Å². The molecule has 3 heteroatoms. The lowest BCUT2D eigenvalue weighted by molar-refractivity contribution is 0.669. The molecular weight excluding hydrogens is 693 g/mol. The maximum Gasteiger partial charge on any atom is 0.137 e. The van der Waals surface area contributed by atoms with E-state index in [1.54, 1.807) is 0 Å². The average molecular weight is 727 g/mol. The van der Waals surface area contributed by atoms with Crippen LogP contribution in [0.1, 0.15) is 0 Å². The van der Waals surface area contributed by atoms with E-state index in [1.165, 1.54) is 71.4 Å². The Morgan fingerprint density at radius 2 is 0.649 bits per heavy atom. The van der Waals surface area contributed by atoms with Crippen molar-refractivity contribution in [1.82, 2.24) is 9.13 Å². The van der Waals surface area contributed by atoms with Crippen molar-refractivity contribution in [3.8, 4) is 44.8 Å². The molecule has 12 rings (SSSR count). The molecule has 3 heterocycles. The average Bonchev–Trinajstić information content (AvgIpc) is 3.93. The third-order valence-corrected chi connectivity index (χ3v) is 11.7. The molecule has 0 atom stereocenters. The van der Waals surface area contributed by atoms with Gasteiger partial charge in [-0.05, 0) is 106 Å². The molecule has 0 fully saturated rings. The lowest BCUT2D eigenvalue weighted by Crippen LogP contribution is -1.94. The van der Waals surface area contributed by atoms with Gasteiger partial charge in [0.25, 0.3) is 0 Å². The van der Waals surface area contributed by atoms with Gasteiger partial charge < -0.3 is 13.6 Å². The van der Waals surface area contributed by atoms with Crippen LogP contribution in [0, 0.1) is 0 Å². The molecule has 0 amide bonds. The number of fused-ring (bicyclic) bond motifs is 9. The first-order valence-electron chi connectivity index (χ1n) is 19.5. The highest BCUT2D eigenvalue weighted by molar-refractivity contribution is 6.13. The summed E-state index contributed by atoms with van der Waals surface area (Å²) in [6, 6.07) is 74.4. The molecule has 0 radical (unpaired) electrons. The van der Waals surface area contributed by atoms with Gasteiger partial charge in [-0.25, -0.2) is 0 Å². The zero-order valence-corrected chi connectivity index (χ0v) is 30.9. The largest absolute Gasteiger partial charge is 0.456 e. The van der Waals surface area contributed by atoms with Crippen molar-refractivity contribution in [3.63, 3.8) is 0 Å². The molecule has 3 nitrogen and oxygen atoms in total. The summed E-state index contributed by atoms with van der Waals surface area (Å²) >= 11 is 0. The van der Waals surface area contributed by atoms with Crippen molar-refractivity contribution < 1.29 is 4.42 Å². The van der Waals surface area contributed by atoms with Crippen LogP contribution in [0.3, 0.4) is 0 Å². The lowest BCUT2D eigenvalue weighted by atomic mass is 10.0.